The predicted molar refractivity (Wildman–Crippen MR) is 107 cm³/mol. The molecule has 0 saturated carbocycles. The Hall–Kier alpha value is -2.85. The van der Waals surface area contributed by atoms with E-state index in [-0.39, 0.29) is 18.3 Å². The topological polar surface area (TPSA) is 55.4 Å². The summed E-state index contributed by atoms with van der Waals surface area (Å²) in [6.45, 7) is 0.143. The van der Waals surface area contributed by atoms with Gasteiger partial charge in [0.1, 0.15) is 6.61 Å². The summed E-state index contributed by atoms with van der Waals surface area (Å²) in [5.74, 6) is -0.418. The van der Waals surface area contributed by atoms with Crippen LogP contribution in [-0.4, -0.2) is 23.8 Å². The molecule has 0 spiro atoms. The number of rotatable bonds is 7. The van der Waals surface area contributed by atoms with Crippen molar-refractivity contribution in [1.82, 2.24) is 5.32 Å². The first-order valence-electron chi connectivity index (χ1n) is 8.69. The Balaban J connectivity index is 1.65. The first-order chi connectivity index (χ1) is 13.2. The molecule has 1 N–H and O–H groups in total. The number of hydrogen-bond donors (Lipinski definition) is 1. The van der Waals surface area contributed by atoms with Crippen molar-refractivity contribution in [2.75, 3.05) is 5.88 Å². The van der Waals surface area contributed by atoms with Crippen molar-refractivity contribution in [3.63, 3.8) is 0 Å². The Morgan fingerprint density at radius 1 is 0.889 bits per heavy atom. The van der Waals surface area contributed by atoms with Crippen LogP contribution in [0.5, 0.6) is 0 Å². The molecule has 3 rings (SSSR count). The quantitative estimate of drug-likeness (QED) is 0.614. The Kier molecular flexibility index (Phi) is 6.44. The third-order valence-corrected chi connectivity index (χ3v) is 4.54. The first kappa shape index (κ1) is 18.9. The van der Waals surface area contributed by atoms with Gasteiger partial charge in [0.2, 0.25) is 0 Å². The number of ketones is 1. The molecule has 0 aliphatic heterocycles. The number of carbonyl (C=O) groups excluding carboxylic acids is 2. The van der Waals surface area contributed by atoms with E-state index >= 15 is 0 Å². The maximum absolute atomic E-state index is 12.2. The highest BCUT2D eigenvalue weighted by Gasteiger charge is 2.21. The van der Waals surface area contributed by atoms with E-state index < -0.39 is 12.1 Å². The number of benzene rings is 3. The minimum atomic E-state index is -0.730. The van der Waals surface area contributed by atoms with E-state index in [0.29, 0.717) is 6.42 Å². The van der Waals surface area contributed by atoms with Gasteiger partial charge in [-0.25, -0.2) is 4.79 Å². The second-order valence-electron chi connectivity index (χ2n) is 6.24. The Labute approximate surface area is 163 Å². The smallest absolute Gasteiger partial charge is 0.408 e. The number of nitrogens with one attached hydrogen (secondary N) is 1. The van der Waals surface area contributed by atoms with Crippen molar-refractivity contribution in [1.29, 1.82) is 0 Å². The summed E-state index contributed by atoms with van der Waals surface area (Å²) < 4.78 is 5.22. The number of alkyl carbamates (subject to hydrolysis) is 1. The van der Waals surface area contributed by atoms with Gasteiger partial charge in [-0.15, -0.1) is 11.6 Å². The molecule has 1 unspecified atom stereocenters. The molecule has 0 aromatic heterocycles. The number of Topliss-reactive ketones (excluding diaryl/α,β-unsaturated/α-hetero) is 1. The average Bonchev–Trinajstić information content (AvgIpc) is 2.72. The summed E-state index contributed by atoms with van der Waals surface area (Å²) in [6.07, 6.45) is -0.278. The van der Waals surface area contributed by atoms with Gasteiger partial charge in [0.25, 0.3) is 0 Å². The summed E-state index contributed by atoms with van der Waals surface area (Å²) in [5.41, 5.74) is 1.82. The highest BCUT2D eigenvalue weighted by Crippen LogP contribution is 2.17. The molecule has 0 aliphatic carbocycles. The van der Waals surface area contributed by atoms with Crippen LogP contribution in [0.3, 0.4) is 0 Å². The van der Waals surface area contributed by atoms with Crippen LogP contribution < -0.4 is 5.32 Å². The van der Waals surface area contributed by atoms with E-state index in [1.807, 2.05) is 72.8 Å². The number of alkyl halides is 1. The third kappa shape index (κ3) is 5.31. The largest absolute Gasteiger partial charge is 0.445 e. The lowest BCUT2D eigenvalue weighted by Gasteiger charge is -2.17. The molecule has 1 atom stereocenters. The van der Waals surface area contributed by atoms with Gasteiger partial charge >= 0.3 is 6.09 Å². The van der Waals surface area contributed by atoms with Gasteiger partial charge in [-0.3, -0.25) is 4.79 Å². The van der Waals surface area contributed by atoms with E-state index in [2.05, 4.69) is 5.32 Å². The van der Waals surface area contributed by atoms with E-state index in [0.717, 1.165) is 21.9 Å². The number of fused-ring (bicyclic) bond motifs is 1. The number of hydrogen-bond acceptors (Lipinski definition) is 3. The fourth-order valence-corrected chi connectivity index (χ4v) is 3.03. The van der Waals surface area contributed by atoms with Crippen LogP contribution in [0.25, 0.3) is 10.8 Å². The van der Waals surface area contributed by atoms with Gasteiger partial charge in [0.05, 0.1) is 11.9 Å². The molecule has 3 aromatic carbocycles. The van der Waals surface area contributed by atoms with Crippen molar-refractivity contribution in [3.8, 4) is 0 Å². The van der Waals surface area contributed by atoms with E-state index in [1.165, 1.54) is 0 Å². The van der Waals surface area contributed by atoms with E-state index in [1.54, 1.807) is 0 Å². The monoisotopic (exact) mass is 381 g/mol. The summed E-state index contributed by atoms with van der Waals surface area (Å²) in [6, 6.07) is 22.6. The average molecular weight is 382 g/mol. The fourth-order valence-electron chi connectivity index (χ4n) is 2.85. The van der Waals surface area contributed by atoms with Gasteiger partial charge in [-0.2, -0.15) is 0 Å². The molecule has 4 nitrogen and oxygen atoms in total. The molecule has 138 valence electrons. The first-order valence-corrected chi connectivity index (χ1v) is 9.23. The van der Waals surface area contributed by atoms with Crippen molar-refractivity contribution >= 4 is 34.2 Å². The van der Waals surface area contributed by atoms with Crippen molar-refractivity contribution in [3.05, 3.63) is 83.9 Å². The van der Waals surface area contributed by atoms with Crippen molar-refractivity contribution < 1.29 is 14.3 Å². The summed E-state index contributed by atoms with van der Waals surface area (Å²) in [4.78, 5) is 24.3. The van der Waals surface area contributed by atoms with Crippen LogP contribution in [0.15, 0.2) is 72.8 Å². The normalized spacial score (nSPS) is 11.7. The van der Waals surface area contributed by atoms with Gasteiger partial charge in [-0.05, 0) is 28.3 Å². The zero-order valence-electron chi connectivity index (χ0n) is 14.7. The lowest BCUT2D eigenvalue weighted by Crippen LogP contribution is -2.43. The zero-order valence-corrected chi connectivity index (χ0v) is 15.5. The molecule has 0 fully saturated rings. The SMILES string of the molecule is O=C(NC(Cc1ccc2ccccc2c1)C(=O)CCl)OCc1ccccc1. The Morgan fingerprint density at radius 2 is 1.59 bits per heavy atom. The van der Waals surface area contributed by atoms with E-state index in [4.69, 9.17) is 16.3 Å². The second-order valence-corrected chi connectivity index (χ2v) is 6.51. The fraction of sp³-hybridized carbons (Fsp3) is 0.182. The van der Waals surface area contributed by atoms with Crippen LogP contribution in [-0.2, 0) is 22.6 Å². The van der Waals surface area contributed by atoms with Gasteiger partial charge in [0, 0.05) is 0 Å². The number of halogens is 1. The van der Waals surface area contributed by atoms with E-state index in [9.17, 15) is 9.59 Å². The Morgan fingerprint density at radius 3 is 2.33 bits per heavy atom. The predicted octanol–water partition coefficient (Wildman–Crippen LogP) is 4.49. The number of amides is 1. The molecule has 3 aromatic rings. The van der Waals surface area contributed by atoms with Crippen molar-refractivity contribution in [2.24, 2.45) is 0 Å². The maximum Gasteiger partial charge on any atom is 0.408 e. The standard InChI is InChI=1S/C22H20ClNO3/c23-14-21(25)20(24-22(26)27-15-16-6-2-1-3-7-16)13-17-10-11-18-8-4-5-9-19(18)12-17/h1-12,20H,13-15H2,(H,24,26). The molecular weight excluding hydrogens is 362 g/mol. The molecule has 27 heavy (non-hydrogen) atoms. The lowest BCUT2D eigenvalue weighted by atomic mass is 10.00. The lowest BCUT2D eigenvalue weighted by molar-refractivity contribution is -0.118. The van der Waals surface area contributed by atoms with Crippen LogP contribution in [0.4, 0.5) is 4.79 Å². The molecule has 0 radical (unpaired) electrons. The molecular formula is C22H20ClNO3. The third-order valence-electron chi connectivity index (χ3n) is 4.28. The number of ether oxygens (including phenoxy) is 1. The second kappa shape index (κ2) is 9.19. The Bertz CT molecular complexity index is 927. The van der Waals surface area contributed by atoms with Crippen LogP contribution in [0, 0.1) is 0 Å². The zero-order chi connectivity index (χ0) is 19.1. The maximum atomic E-state index is 12.2. The van der Waals surface area contributed by atoms with Crippen LogP contribution in [0.1, 0.15) is 11.1 Å². The minimum absolute atomic E-state index is 0.143. The van der Waals surface area contributed by atoms with Gasteiger partial charge in [-0.1, -0.05) is 72.8 Å². The van der Waals surface area contributed by atoms with Gasteiger partial charge < -0.3 is 10.1 Å². The molecule has 0 saturated heterocycles. The van der Waals surface area contributed by atoms with Crippen LogP contribution >= 0.6 is 11.6 Å². The molecule has 0 bridgehead atoms. The summed E-state index contributed by atoms with van der Waals surface area (Å²) in [7, 11) is 0. The van der Waals surface area contributed by atoms with Crippen LogP contribution in [0.2, 0.25) is 0 Å². The number of carbonyl (C=O) groups is 2. The highest BCUT2D eigenvalue weighted by atomic mass is 35.5. The highest BCUT2D eigenvalue weighted by molar-refractivity contribution is 6.28. The summed E-state index contributed by atoms with van der Waals surface area (Å²) in [5, 5.41) is 4.84. The molecule has 1 amide bonds. The summed E-state index contributed by atoms with van der Waals surface area (Å²) >= 11 is 5.72. The molecule has 5 heteroatoms. The molecule has 0 heterocycles. The van der Waals surface area contributed by atoms with Crippen molar-refractivity contribution in [2.45, 2.75) is 19.1 Å². The molecule has 0 aliphatic rings. The van der Waals surface area contributed by atoms with Gasteiger partial charge in [0.15, 0.2) is 5.78 Å². The minimum Gasteiger partial charge on any atom is -0.445 e.